The Morgan fingerprint density at radius 3 is 2.32 bits per heavy atom. The van der Waals surface area contributed by atoms with Crippen molar-refractivity contribution in [3.63, 3.8) is 0 Å². The summed E-state index contributed by atoms with van der Waals surface area (Å²) < 4.78 is 27.9. The molecule has 0 aromatic heterocycles. The maximum Gasteiger partial charge on any atom is 0.262 e. The van der Waals surface area contributed by atoms with Crippen molar-refractivity contribution in [2.24, 2.45) is 0 Å². The fraction of sp³-hybridized carbons (Fsp3) is 0.0769. The minimum Gasteiger partial charge on any atom is -0.489 e. The van der Waals surface area contributed by atoms with Gasteiger partial charge in [-0.05, 0) is 17.7 Å². The van der Waals surface area contributed by atoms with Crippen LogP contribution in [0.4, 0.5) is 0 Å². The average Bonchev–Trinajstić information content (AvgIpc) is 2.36. The molecule has 0 aliphatic carbocycles. The summed E-state index contributed by atoms with van der Waals surface area (Å²) in [4.78, 5) is -0.122. The lowest BCUT2D eigenvalue weighted by Crippen LogP contribution is -1.97. The number of rotatable bonds is 4. The van der Waals surface area contributed by atoms with E-state index in [2.05, 4.69) is 0 Å². The van der Waals surface area contributed by atoms with E-state index in [1.165, 1.54) is 18.2 Å². The molecule has 0 aliphatic heterocycles. The van der Waals surface area contributed by atoms with Crippen molar-refractivity contribution in [1.82, 2.24) is 0 Å². The van der Waals surface area contributed by atoms with Crippen molar-refractivity contribution in [3.8, 4) is 5.75 Å². The van der Waals surface area contributed by atoms with Crippen LogP contribution in [0.1, 0.15) is 5.56 Å². The second-order valence-corrected chi connectivity index (χ2v) is 6.75. The Labute approximate surface area is 121 Å². The first-order valence-corrected chi connectivity index (χ1v) is 8.06. The van der Waals surface area contributed by atoms with Crippen molar-refractivity contribution < 1.29 is 13.2 Å². The van der Waals surface area contributed by atoms with Crippen molar-refractivity contribution >= 4 is 31.3 Å². The Morgan fingerprint density at radius 2 is 1.74 bits per heavy atom. The smallest absolute Gasteiger partial charge is 0.262 e. The van der Waals surface area contributed by atoms with Crippen molar-refractivity contribution in [3.05, 3.63) is 59.1 Å². The molecular formula is C13H10Cl2O3S. The van der Waals surface area contributed by atoms with Crippen LogP contribution in [0.25, 0.3) is 0 Å². The second-order valence-electron chi connectivity index (χ2n) is 3.80. The molecule has 3 nitrogen and oxygen atoms in total. The number of benzene rings is 2. The summed E-state index contributed by atoms with van der Waals surface area (Å²) >= 11 is 5.85. The van der Waals surface area contributed by atoms with E-state index < -0.39 is 9.05 Å². The first-order chi connectivity index (χ1) is 8.97. The predicted octanol–water partition coefficient (Wildman–Crippen LogP) is 3.85. The average molecular weight is 317 g/mol. The minimum atomic E-state index is -3.83. The van der Waals surface area contributed by atoms with Crippen molar-refractivity contribution in [1.29, 1.82) is 0 Å². The summed E-state index contributed by atoms with van der Waals surface area (Å²) in [5, 5.41) is 0.0422. The van der Waals surface area contributed by atoms with Gasteiger partial charge in [-0.2, -0.15) is 0 Å². The van der Waals surface area contributed by atoms with Gasteiger partial charge in [0.1, 0.15) is 17.3 Å². The number of ether oxygens (including phenoxy) is 1. The highest BCUT2D eigenvalue weighted by atomic mass is 35.7. The summed E-state index contributed by atoms with van der Waals surface area (Å²) in [6.07, 6.45) is 0. The van der Waals surface area contributed by atoms with Gasteiger partial charge in [-0.25, -0.2) is 8.42 Å². The molecule has 6 heteroatoms. The summed E-state index contributed by atoms with van der Waals surface area (Å²) in [7, 11) is 1.40. The van der Waals surface area contributed by atoms with E-state index in [1.807, 2.05) is 30.3 Å². The summed E-state index contributed by atoms with van der Waals surface area (Å²) in [5.41, 5.74) is 1.01. The number of hydrogen-bond donors (Lipinski definition) is 0. The first-order valence-electron chi connectivity index (χ1n) is 5.38. The Morgan fingerprint density at radius 1 is 1.05 bits per heavy atom. The Balaban J connectivity index is 2.13. The van der Waals surface area contributed by atoms with Gasteiger partial charge in [0.25, 0.3) is 9.05 Å². The van der Waals surface area contributed by atoms with E-state index >= 15 is 0 Å². The lowest BCUT2D eigenvalue weighted by molar-refractivity contribution is 0.306. The monoisotopic (exact) mass is 316 g/mol. The van der Waals surface area contributed by atoms with Crippen molar-refractivity contribution in [2.75, 3.05) is 0 Å². The SMILES string of the molecule is O=S(=O)(Cl)c1ccc(OCc2ccccc2)cc1Cl. The molecule has 0 aliphatic rings. The predicted molar refractivity (Wildman–Crippen MR) is 75.3 cm³/mol. The first kappa shape index (κ1) is 14.2. The molecule has 0 fully saturated rings. The fourth-order valence-corrected chi connectivity index (χ4v) is 3.03. The van der Waals surface area contributed by atoms with Crippen LogP contribution in [0.5, 0.6) is 5.75 Å². The molecule has 2 aromatic carbocycles. The zero-order chi connectivity index (χ0) is 13.9. The molecule has 100 valence electrons. The van der Waals surface area contributed by atoms with Gasteiger partial charge in [0.15, 0.2) is 0 Å². The largest absolute Gasteiger partial charge is 0.489 e. The van der Waals surface area contributed by atoms with Gasteiger partial charge in [-0.1, -0.05) is 41.9 Å². The van der Waals surface area contributed by atoms with Crippen LogP contribution >= 0.6 is 22.3 Å². The minimum absolute atomic E-state index is 0.0422. The van der Waals surface area contributed by atoms with E-state index in [-0.39, 0.29) is 9.92 Å². The van der Waals surface area contributed by atoms with Gasteiger partial charge >= 0.3 is 0 Å². The molecule has 0 radical (unpaired) electrons. The van der Waals surface area contributed by atoms with E-state index in [4.69, 9.17) is 27.0 Å². The Bertz CT molecular complexity index is 670. The summed E-state index contributed by atoms with van der Waals surface area (Å²) in [5.74, 6) is 0.484. The number of halogens is 2. The summed E-state index contributed by atoms with van der Waals surface area (Å²) in [6, 6.07) is 13.9. The summed E-state index contributed by atoms with van der Waals surface area (Å²) in [6.45, 7) is 0.379. The number of hydrogen-bond acceptors (Lipinski definition) is 3. The highest BCUT2D eigenvalue weighted by Crippen LogP contribution is 2.28. The molecule has 0 bridgehead atoms. The van der Waals surface area contributed by atoms with E-state index in [0.717, 1.165) is 5.56 Å². The Hall–Kier alpha value is -1.23. The molecule has 0 N–H and O–H groups in total. The fourth-order valence-electron chi connectivity index (χ4n) is 1.51. The molecule has 0 saturated carbocycles. The molecule has 19 heavy (non-hydrogen) atoms. The van der Waals surface area contributed by atoms with Gasteiger partial charge in [0.05, 0.1) is 5.02 Å². The van der Waals surface area contributed by atoms with Crippen LogP contribution in [0, 0.1) is 0 Å². The van der Waals surface area contributed by atoms with Gasteiger partial charge < -0.3 is 4.74 Å². The van der Waals surface area contributed by atoms with Crippen LogP contribution in [-0.4, -0.2) is 8.42 Å². The standard InChI is InChI=1S/C13H10Cl2O3S/c14-12-8-11(6-7-13(12)19(15,16)17)18-9-10-4-2-1-3-5-10/h1-8H,9H2. The van der Waals surface area contributed by atoms with Gasteiger partial charge in [-0.3, -0.25) is 0 Å². The lowest BCUT2D eigenvalue weighted by atomic mass is 10.2. The molecule has 2 rings (SSSR count). The van der Waals surface area contributed by atoms with E-state index in [1.54, 1.807) is 0 Å². The maximum absolute atomic E-state index is 11.2. The van der Waals surface area contributed by atoms with Gasteiger partial charge in [0, 0.05) is 16.7 Å². The lowest BCUT2D eigenvalue weighted by Gasteiger charge is -2.08. The quantitative estimate of drug-likeness (QED) is 0.805. The molecule has 0 unspecified atom stereocenters. The topological polar surface area (TPSA) is 43.4 Å². The van der Waals surface area contributed by atoms with Crippen molar-refractivity contribution in [2.45, 2.75) is 11.5 Å². The third kappa shape index (κ3) is 3.86. The maximum atomic E-state index is 11.2. The van der Waals surface area contributed by atoms with Crippen LogP contribution in [0.15, 0.2) is 53.4 Å². The zero-order valence-electron chi connectivity index (χ0n) is 9.71. The molecule has 0 spiro atoms. The molecule has 0 heterocycles. The van der Waals surface area contributed by atoms with Crippen LogP contribution in [0.3, 0.4) is 0 Å². The third-order valence-corrected chi connectivity index (χ3v) is 4.22. The Kier molecular flexibility index (Phi) is 4.34. The molecule has 0 saturated heterocycles. The normalized spacial score (nSPS) is 11.3. The highest BCUT2D eigenvalue weighted by molar-refractivity contribution is 8.13. The van der Waals surface area contributed by atoms with Crippen LogP contribution in [0.2, 0.25) is 5.02 Å². The molecule has 0 atom stereocenters. The second kappa shape index (κ2) is 5.82. The molecule has 0 amide bonds. The highest BCUT2D eigenvalue weighted by Gasteiger charge is 2.15. The van der Waals surface area contributed by atoms with Gasteiger partial charge in [-0.15, -0.1) is 0 Å². The van der Waals surface area contributed by atoms with Crippen LogP contribution < -0.4 is 4.74 Å². The van der Waals surface area contributed by atoms with E-state index in [9.17, 15) is 8.42 Å². The molecule has 2 aromatic rings. The van der Waals surface area contributed by atoms with E-state index in [0.29, 0.717) is 12.4 Å². The zero-order valence-corrected chi connectivity index (χ0v) is 12.0. The molecular weight excluding hydrogens is 307 g/mol. The third-order valence-electron chi connectivity index (χ3n) is 2.41. The van der Waals surface area contributed by atoms with Gasteiger partial charge in [0.2, 0.25) is 0 Å². The van der Waals surface area contributed by atoms with Crippen LogP contribution in [-0.2, 0) is 15.7 Å².